The molecule has 2 unspecified atom stereocenters. The van der Waals surface area contributed by atoms with E-state index in [4.69, 9.17) is 5.73 Å². The molecule has 0 heterocycles. The van der Waals surface area contributed by atoms with Gasteiger partial charge < -0.3 is 10.3 Å². The zero-order valence-electron chi connectivity index (χ0n) is 7.15. The molecular formula is C9H12FNOS. The van der Waals surface area contributed by atoms with Crippen molar-refractivity contribution in [3.8, 4) is 0 Å². The highest BCUT2D eigenvalue weighted by atomic mass is 32.3. The second-order valence-corrected chi connectivity index (χ2v) is 3.82. The van der Waals surface area contributed by atoms with E-state index in [9.17, 15) is 8.44 Å². The van der Waals surface area contributed by atoms with Gasteiger partial charge in [0.1, 0.15) is 0 Å². The van der Waals surface area contributed by atoms with E-state index in [2.05, 4.69) is 0 Å². The first-order valence-electron chi connectivity index (χ1n) is 4.02. The van der Waals surface area contributed by atoms with Crippen molar-refractivity contribution in [2.24, 2.45) is 5.73 Å². The highest BCUT2D eigenvalue weighted by Crippen LogP contribution is 2.04. The quantitative estimate of drug-likeness (QED) is 0.744. The Bertz CT molecular complexity index is 243. The van der Waals surface area contributed by atoms with Crippen LogP contribution >= 0.6 is 0 Å². The summed E-state index contributed by atoms with van der Waals surface area (Å²) in [6, 6.07) is 9.17. The van der Waals surface area contributed by atoms with Gasteiger partial charge in [-0.2, -0.15) is 0 Å². The van der Waals surface area contributed by atoms with Crippen LogP contribution in [0.25, 0.3) is 0 Å². The monoisotopic (exact) mass is 201 g/mol. The molecule has 0 bridgehead atoms. The average Bonchev–Trinajstić information content (AvgIpc) is 2.04. The van der Waals surface area contributed by atoms with E-state index in [0.29, 0.717) is 6.42 Å². The summed E-state index contributed by atoms with van der Waals surface area (Å²) < 4.78 is 22.3. The first kappa shape index (κ1) is 10.5. The van der Waals surface area contributed by atoms with E-state index in [1.807, 2.05) is 30.3 Å². The lowest BCUT2D eigenvalue weighted by Crippen LogP contribution is -2.30. The summed E-state index contributed by atoms with van der Waals surface area (Å²) in [5, 5.41) is 0. The minimum Gasteiger partial charge on any atom is -0.581 e. The third-order valence-electron chi connectivity index (χ3n) is 1.69. The van der Waals surface area contributed by atoms with Crippen molar-refractivity contribution >= 4 is 11.6 Å². The van der Waals surface area contributed by atoms with Crippen LogP contribution in [0, 0.1) is 0 Å². The van der Waals surface area contributed by atoms with Gasteiger partial charge in [0.05, 0.1) is 6.04 Å². The summed E-state index contributed by atoms with van der Waals surface area (Å²) in [4.78, 5) is 0. The Balaban J connectivity index is 2.41. The summed E-state index contributed by atoms with van der Waals surface area (Å²) in [7, 11) is 0. The van der Waals surface area contributed by atoms with E-state index >= 15 is 0 Å². The fraction of sp³-hybridized carbons (Fsp3) is 0.333. The Morgan fingerprint density at radius 3 is 2.54 bits per heavy atom. The second-order valence-electron chi connectivity index (χ2n) is 2.91. The molecule has 0 fully saturated rings. The Hall–Kier alpha value is -0.580. The Labute approximate surface area is 80.4 Å². The Morgan fingerprint density at radius 2 is 2.00 bits per heavy atom. The van der Waals surface area contributed by atoms with Crippen molar-refractivity contribution in [1.82, 2.24) is 0 Å². The minimum atomic E-state index is -2.29. The van der Waals surface area contributed by atoms with Crippen LogP contribution in [-0.4, -0.2) is 16.3 Å². The van der Waals surface area contributed by atoms with Crippen LogP contribution in [0.2, 0.25) is 0 Å². The van der Waals surface area contributed by atoms with Crippen LogP contribution < -0.4 is 5.73 Å². The highest BCUT2D eigenvalue weighted by Gasteiger charge is 2.13. The summed E-state index contributed by atoms with van der Waals surface area (Å²) in [6.45, 7) is 0. The first-order chi connectivity index (χ1) is 6.18. The molecule has 0 aromatic heterocycles. The van der Waals surface area contributed by atoms with Crippen LogP contribution in [0.3, 0.4) is 0 Å². The Kier molecular flexibility index (Phi) is 4.21. The smallest absolute Gasteiger partial charge is 0.178 e. The molecule has 72 valence electrons. The normalized spacial score (nSPS) is 15.3. The molecule has 2 atom stereocenters. The molecule has 2 nitrogen and oxygen atoms in total. The van der Waals surface area contributed by atoms with Gasteiger partial charge in [-0.3, -0.25) is 0 Å². The summed E-state index contributed by atoms with van der Waals surface area (Å²) in [5.74, 6) is -0.0884. The lowest BCUT2D eigenvalue weighted by molar-refractivity contribution is 0.541. The molecule has 2 N–H and O–H groups in total. The maximum absolute atomic E-state index is 12.0. The average molecular weight is 201 g/mol. The van der Waals surface area contributed by atoms with E-state index < -0.39 is 11.6 Å². The number of rotatable bonds is 4. The molecule has 1 aromatic rings. The van der Waals surface area contributed by atoms with E-state index in [0.717, 1.165) is 5.56 Å². The van der Waals surface area contributed by atoms with E-state index in [1.54, 1.807) is 0 Å². The van der Waals surface area contributed by atoms with Gasteiger partial charge >= 0.3 is 0 Å². The standard InChI is InChI=1S/C9H12FNOS/c10-13(12)7-9(11)6-8-4-2-1-3-5-8/h1-5,9H,6-7,11H2. The molecule has 1 rings (SSSR count). The lowest BCUT2D eigenvalue weighted by atomic mass is 10.1. The third-order valence-corrected chi connectivity index (χ3v) is 2.38. The molecule has 1 aromatic carbocycles. The number of benzene rings is 1. The highest BCUT2D eigenvalue weighted by molar-refractivity contribution is 7.86. The van der Waals surface area contributed by atoms with Crippen LogP contribution in [-0.2, 0) is 18.0 Å². The SMILES string of the molecule is NC(Cc1ccccc1)C[S+]([O-])F. The predicted octanol–water partition coefficient (Wildman–Crippen LogP) is 1.19. The number of halogens is 1. The zero-order valence-corrected chi connectivity index (χ0v) is 7.97. The van der Waals surface area contributed by atoms with Gasteiger partial charge in [0.15, 0.2) is 17.3 Å². The van der Waals surface area contributed by atoms with E-state index in [-0.39, 0.29) is 11.8 Å². The number of nitrogens with two attached hydrogens (primary N) is 1. The molecule has 4 heteroatoms. The van der Waals surface area contributed by atoms with Crippen molar-refractivity contribution in [3.05, 3.63) is 35.9 Å². The summed E-state index contributed by atoms with van der Waals surface area (Å²) >= 11 is -2.29. The zero-order chi connectivity index (χ0) is 9.68. The molecule has 0 amide bonds. The fourth-order valence-corrected chi connectivity index (χ4v) is 1.60. The van der Waals surface area contributed by atoms with Crippen LogP contribution in [0.1, 0.15) is 5.56 Å². The van der Waals surface area contributed by atoms with Crippen molar-refractivity contribution in [1.29, 1.82) is 0 Å². The van der Waals surface area contributed by atoms with Crippen molar-refractivity contribution in [2.45, 2.75) is 12.5 Å². The van der Waals surface area contributed by atoms with E-state index in [1.165, 1.54) is 0 Å². The van der Waals surface area contributed by atoms with Crippen LogP contribution in [0.4, 0.5) is 3.89 Å². The van der Waals surface area contributed by atoms with Gasteiger partial charge in [0, 0.05) is 3.89 Å². The summed E-state index contributed by atoms with van der Waals surface area (Å²) in [5.41, 5.74) is 6.62. The largest absolute Gasteiger partial charge is 0.581 e. The van der Waals surface area contributed by atoms with Crippen LogP contribution in [0.15, 0.2) is 30.3 Å². The van der Waals surface area contributed by atoms with Gasteiger partial charge in [0.2, 0.25) is 0 Å². The predicted molar refractivity (Wildman–Crippen MR) is 52.2 cm³/mol. The van der Waals surface area contributed by atoms with Gasteiger partial charge in [-0.15, -0.1) is 0 Å². The van der Waals surface area contributed by atoms with Gasteiger partial charge in [-0.05, 0) is 12.0 Å². The first-order valence-corrected chi connectivity index (χ1v) is 5.24. The topological polar surface area (TPSA) is 49.1 Å². The second kappa shape index (κ2) is 5.21. The minimum absolute atomic E-state index is 0.0884. The summed E-state index contributed by atoms with van der Waals surface area (Å²) in [6.07, 6.45) is 0.566. The maximum atomic E-state index is 12.0. The molecule has 0 aliphatic rings. The van der Waals surface area contributed by atoms with Gasteiger partial charge in [-0.25, -0.2) is 0 Å². The van der Waals surface area contributed by atoms with Crippen molar-refractivity contribution < 1.29 is 8.44 Å². The number of hydrogen-bond acceptors (Lipinski definition) is 2. The van der Waals surface area contributed by atoms with Crippen molar-refractivity contribution in [2.75, 3.05) is 5.75 Å². The van der Waals surface area contributed by atoms with Gasteiger partial charge in [0.25, 0.3) is 0 Å². The molecule has 0 spiro atoms. The molecule has 0 aliphatic carbocycles. The third kappa shape index (κ3) is 4.26. The molecule has 0 saturated carbocycles. The lowest BCUT2D eigenvalue weighted by Gasteiger charge is -2.08. The molecule has 0 aliphatic heterocycles. The molecule has 0 radical (unpaired) electrons. The van der Waals surface area contributed by atoms with Crippen molar-refractivity contribution in [3.63, 3.8) is 0 Å². The van der Waals surface area contributed by atoms with Gasteiger partial charge in [-0.1, -0.05) is 30.3 Å². The maximum Gasteiger partial charge on any atom is 0.178 e. The molecular weight excluding hydrogens is 189 g/mol. The molecule has 0 saturated heterocycles. The van der Waals surface area contributed by atoms with Crippen LogP contribution in [0.5, 0.6) is 0 Å². The Morgan fingerprint density at radius 1 is 1.38 bits per heavy atom. The molecule has 13 heavy (non-hydrogen) atoms. The number of hydrogen-bond donors (Lipinski definition) is 1. The fourth-order valence-electron chi connectivity index (χ4n) is 1.14.